The van der Waals surface area contributed by atoms with Crippen molar-refractivity contribution in [3.05, 3.63) is 83.2 Å². The zero-order chi connectivity index (χ0) is 21.5. The molecular formula is C21H20ClFN4O2S. The minimum absolute atomic E-state index is 0.0960. The van der Waals surface area contributed by atoms with Gasteiger partial charge in [0.25, 0.3) is 0 Å². The van der Waals surface area contributed by atoms with Gasteiger partial charge in [0.1, 0.15) is 17.7 Å². The lowest BCUT2D eigenvalue weighted by Gasteiger charge is -2.19. The first-order valence-electron chi connectivity index (χ1n) is 9.07. The smallest absolute Gasteiger partial charge is 0.234 e. The lowest BCUT2D eigenvalue weighted by Crippen LogP contribution is -2.32. The molecule has 0 saturated heterocycles. The summed E-state index contributed by atoms with van der Waals surface area (Å²) in [5, 5.41) is 6.23. The van der Waals surface area contributed by atoms with Crippen molar-refractivity contribution in [1.29, 1.82) is 0 Å². The van der Waals surface area contributed by atoms with Gasteiger partial charge in [-0.05, 0) is 42.0 Å². The quantitative estimate of drug-likeness (QED) is 0.552. The van der Waals surface area contributed by atoms with Crippen molar-refractivity contribution in [2.75, 3.05) is 16.8 Å². The van der Waals surface area contributed by atoms with Gasteiger partial charge in [-0.15, -0.1) is 11.8 Å². The van der Waals surface area contributed by atoms with Gasteiger partial charge in [-0.1, -0.05) is 23.7 Å². The maximum absolute atomic E-state index is 12.9. The average Bonchev–Trinajstić information content (AvgIpc) is 3.14. The molecule has 9 heteroatoms. The Kier molecular flexibility index (Phi) is 7.48. The molecule has 30 heavy (non-hydrogen) atoms. The largest absolute Gasteiger partial charge is 0.341 e. The fourth-order valence-corrected chi connectivity index (χ4v) is 3.53. The van der Waals surface area contributed by atoms with E-state index in [1.165, 1.54) is 36.0 Å². The summed E-state index contributed by atoms with van der Waals surface area (Å²) < 4.78 is 14.8. The fraction of sp³-hybridized carbons (Fsp3) is 0.190. The van der Waals surface area contributed by atoms with Gasteiger partial charge < -0.3 is 15.2 Å². The van der Waals surface area contributed by atoms with Gasteiger partial charge in [-0.2, -0.15) is 0 Å². The van der Waals surface area contributed by atoms with Gasteiger partial charge in [-0.25, -0.2) is 9.37 Å². The van der Waals surface area contributed by atoms with Crippen LogP contribution in [0.3, 0.4) is 0 Å². The van der Waals surface area contributed by atoms with Crippen LogP contribution < -0.4 is 10.6 Å². The molecule has 0 radical (unpaired) electrons. The van der Waals surface area contributed by atoms with E-state index in [1.54, 1.807) is 24.5 Å². The van der Waals surface area contributed by atoms with Crippen LogP contribution in [-0.2, 0) is 16.6 Å². The zero-order valence-electron chi connectivity index (χ0n) is 16.1. The number of anilines is 1. The van der Waals surface area contributed by atoms with Gasteiger partial charge >= 0.3 is 0 Å². The highest BCUT2D eigenvalue weighted by Gasteiger charge is 2.21. The second kappa shape index (κ2) is 10.3. The van der Waals surface area contributed by atoms with Crippen LogP contribution in [0.25, 0.3) is 0 Å². The monoisotopic (exact) mass is 446 g/mol. The maximum Gasteiger partial charge on any atom is 0.234 e. The van der Waals surface area contributed by atoms with Crippen LogP contribution >= 0.6 is 23.4 Å². The summed E-state index contributed by atoms with van der Waals surface area (Å²) in [6, 6.07) is 12.2. The second-order valence-electron chi connectivity index (χ2n) is 6.50. The maximum atomic E-state index is 12.9. The Hall–Kier alpha value is -2.84. The van der Waals surface area contributed by atoms with E-state index in [0.29, 0.717) is 16.5 Å². The summed E-state index contributed by atoms with van der Waals surface area (Å²) in [6.45, 7) is 0. The van der Waals surface area contributed by atoms with Crippen molar-refractivity contribution in [2.24, 2.45) is 7.05 Å². The molecule has 3 aromatic rings. The minimum Gasteiger partial charge on any atom is -0.341 e. The molecule has 0 aliphatic rings. The molecule has 0 aliphatic carbocycles. The van der Waals surface area contributed by atoms with E-state index in [1.807, 2.05) is 23.7 Å². The third-order valence-corrected chi connectivity index (χ3v) is 5.40. The molecule has 2 amide bonds. The normalized spacial score (nSPS) is 11.7. The van der Waals surface area contributed by atoms with E-state index >= 15 is 0 Å². The number of nitrogens with one attached hydrogen (secondary N) is 2. The summed E-state index contributed by atoms with van der Waals surface area (Å²) in [6.07, 6.45) is 3.47. The molecule has 0 unspecified atom stereocenters. The molecule has 0 saturated carbocycles. The number of carbonyl (C=O) groups excluding carboxylic acids is 2. The van der Waals surface area contributed by atoms with Crippen LogP contribution in [0.1, 0.15) is 17.4 Å². The Labute approximate surface area is 182 Å². The fourth-order valence-electron chi connectivity index (χ4n) is 2.78. The molecule has 0 fully saturated rings. The van der Waals surface area contributed by atoms with E-state index in [2.05, 4.69) is 15.6 Å². The number of rotatable bonds is 8. The van der Waals surface area contributed by atoms with E-state index in [4.69, 9.17) is 11.6 Å². The Bertz CT molecular complexity index is 1010. The molecule has 1 aromatic heterocycles. The first kappa shape index (κ1) is 21.9. The van der Waals surface area contributed by atoms with Crippen molar-refractivity contribution in [2.45, 2.75) is 6.04 Å². The van der Waals surface area contributed by atoms with Gasteiger partial charge in [-0.3, -0.25) is 9.59 Å². The lowest BCUT2D eigenvalue weighted by molar-refractivity contribution is -0.119. The highest BCUT2D eigenvalue weighted by atomic mass is 35.5. The summed E-state index contributed by atoms with van der Waals surface area (Å²) in [5.41, 5.74) is 1.35. The van der Waals surface area contributed by atoms with Gasteiger partial charge in [0.2, 0.25) is 11.8 Å². The average molecular weight is 447 g/mol. The first-order valence-corrected chi connectivity index (χ1v) is 10.6. The number of thioether (sulfide) groups is 1. The number of carbonyl (C=O) groups is 2. The Morgan fingerprint density at radius 1 is 1.10 bits per heavy atom. The standard InChI is InChI=1S/C21H20ClFN4O2S/c1-27-11-10-24-21(27)20(14-2-4-15(22)5-3-14)26-19(29)13-30-12-18(28)25-17-8-6-16(23)7-9-17/h2-11,20H,12-13H2,1H3,(H,25,28)(H,26,29)/t20-/m0/s1. The number of benzene rings is 2. The predicted molar refractivity (Wildman–Crippen MR) is 117 cm³/mol. The molecule has 1 heterocycles. The third-order valence-electron chi connectivity index (χ3n) is 4.22. The molecule has 2 aromatic carbocycles. The highest BCUT2D eigenvalue weighted by molar-refractivity contribution is 8.00. The van der Waals surface area contributed by atoms with Crippen LogP contribution in [0.4, 0.5) is 10.1 Å². The zero-order valence-corrected chi connectivity index (χ0v) is 17.7. The van der Waals surface area contributed by atoms with Crippen molar-refractivity contribution in [3.8, 4) is 0 Å². The molecule has 3 rings (SSSR count). The summed E-state index contributed by atoms with van der Waals surface area (Å²) >= 11 is 7.16. The number of halogens is 2. The molecule has 6 nitrogen and oxygen atoms in total. The van der Waals surface area contributed by atoms with E-state index < -0.39 is 6.04 Å². The predicted octanol–water partition coefficient (Wildman–Crippen LogP) is 3.79. The Morgan fingerprint density at radius 2 is 1.77 bits per heavy atom. The molecule has 0 spiro atoms. The molecule has 0 bridgehead atoms. The molecular weight excluding hydrogens is 427 g/mol. The molecule has 2 N–H and O–H groups in total. The first-order chi connectivity index (χ1) is 14.4. The van der Waals surface area contributed by atoms with Crippen LogP contribution in [0.5, 0.6) is 0 Å². The summed E-state index contributed by atoms with van der Waals surface area (Å²) in [5.74, 6) is 0.0199. The van der Waals surface area contributed by atoms with E-state index in [0.717, 1.165) is 5.56 Å². The number of hydrogen-bond donors (Lipinski definition) is 2. The topological polar surface area (TPSA) is 76.0 Å². The van der Waals surface area contributed by atoms with E-state index in [-0.39, 0.29) is 29.1 Å². The van der Waals surface area contributed by atoms with Crippen LogP contribution in [0.15, 0.2) is 60.9 Å². The third kappa shape index (κ3) is 6.08. The summed E-state index contributed by atoms with van der Waals surface area (Å²) in [4.78, 5) is 28.9. The number of imidazole rings is 1. The number of nitrogens with zero attached hydrogens (tertiary/aromatic N) is 2. The van der Waals surface area contributed by atoms with Crippen LogP contribution in [0, 0.1) is 5.82 Å². The van der Waals surface area contributed by atoms with Crippen molar-refractivity contribution >= 4 is 40.9 Å². The molecule has 156 valence electrons. The number of aromatic nitrogens is 2. The second-order valence-corrected chi connectivity index (χ2v) is 7.92. The molecule has 0 aliphatic heterocycles. The SMILES string of the molecule is Cn1ccnc1[C@@H](NC(=O)CSCC(=O)Nc1ccc(F)cc1)c1ccc(Cl)cc1. The Morgan fingerprint density at radius 3 is 2.40 bits per heavy atom. The number of aryl methyl sites for hydroxylation is 1. The molecule has 1 atom stereocenters. The van der Waals surface area contributed by atoms with E-state index in [9.17, 15) is 14.0 Å². The summed E-state index contributed by atoms with van der Waals surface area (Å²) in [7, 11) is 1.85. The van der Waals surface area contributed by atoms with Gasteiger partial charge in [0, 0.05) is 30.2 Å². The van der Waals surface area contributed by atoms with Crippen LogP contribution in [-0.4, -0.2) is 32.9 Å². The Balaban J connectivity index is 1.55. The number of amides is 2. The van der Waals surface area contributed by atoms with Crippen molar-refractivity contribution < 1.29 is 14.0 Å². The van der Waals surface area contributed by atoms with Gasteiger partial charge in [0.15, 0.2) is 0 Å². The van der Waals surface area contributed by atoms with Crippen LogP contribution in [0.2, 0.25) is 5.02 Å². The van der Waals surface area contributed by atoms with Crippen molar-refractivity contribution in [3.63, 3.8) is 0 Å². The number of hydrogen-bond acceptors (Lipinski definition) is 4. The minimum atomic E-state index is -0.441. The lowest BCUT2D eigenvalue weighted by atomic mass is 10.1. The van der Waals surface area contributed by atoms with Crippen molar-refractivity contribution in [1.82, 2.24) is 14.9 Å². The highest BCUT2D eigenvalue weighted by Crippen LogP contribution is 2.22. The van der Waals surface area contributed by atoms with Gasteiger partial charge in [0.05, 0.1) is 11.5 Å².